The van der Waals surface area contributed by atoms with E-state index in [0.717, 1.165) is 54.5 Å². The molecule has 2 aromatic carbocycles. The van der Waals surface area contributed by atoms with Crippen LogP contribution in [0.25, 0.3) is 11.3 Å². The minimum Gasteiger partial charge on any atom is -0.486 e. The Morgan fingerprint density at radius 3 is 2.81 bits per heavy atom. The first kappa shape index (κ1) is 16.3. The first-order valence-electron chi connectivity index (χ1n) is 9.20. The summed E-state index contributed by atoms with van der Waals surface area (Å²) in [6.07, 6.45) is 0.876. The average molecular weight is 365 g/mol. The third kappa shape index (κ3) is 3.06. The number of aromatic amines is 1. The Morgan fingerprint density at radius 2 is 1.93 bits per heavy atom. The van der Waals surface area contributed by atoms with Crippen molar-refractivity contribution in [2.24, 2.45) is 0 Å². The lowest BCUT2D eigenvalue weighted by atomic mass is 10.00. The van der Waals surface area contributed by atoms with E-state index in [4.69, 9.17) is 9.47 Å². The molecule has 0 atom stereocenters. The third-order valence-electron chi connectivity index (χ3n) is 5.15. The summed E-state index contributed by atoms with van der Waals surface area (Å²) in [4.78, 5) is 2.35. The average Bonchev–Trinajstić information content (AvgIpc) is 3.11. The van der Waals surface area contributed by atoms with E-state index >= 15 is 0 Å². The predicted octanol–water partition coefficient (Wildman–Crippen LogP) is 3.55. The van der Waals surface area contributed by atoms with Crippen LogP contribution in [0.15, 0.2) is 42.5 Å². The molecule has 138 valence electrons. The van der Waals surface area contributed by atoms with E-state index in [9.17, 15) is 4.39 Å². The molecule has 2 aliphatic rings. The fraction of sp³-hybridized carbons (Fsp3) is 0.286. The number of rotatable bonds is 3. The van der Waals surface area contributed by atoms with Crippen molar-refractivity contribution in [3.05, 3.63) is 65.1 Å². The summed E-state index contributed by atoms with van der Waals surface area (Å²) in [5.41, 5.74) is 4.64. The highest BCUT2D eigenvalue weighted by Crippen LogP contribution is 2.33. The molecule has 5 nitrogen and oxygen atoms in total. The number of halogens is 1. The molecule has 2 aliphatic heterocycles. The molecule has 0 unspecified atom stereocenters. The third-order valence-corrected chi connectivity index (χ3v) is 5.15. The van der Waals surface area contributed by atoms with Crippen LogP contribution >= 0.6 is 0 Å². The van der Waals surface area contributed by atoms with E-state index < -0.39 is 0 Å². The van der Waals surface area contributed by atoms with Crippen molar-refractivity contribution < 1.29 is 13.9 Å². The smallest absolute Gasteiger partial charge is 0.161 e. The molecule has 0 bridgehead atoms. The van der Waals surface area contributed by atoms with Gasteiger partial charge in [0.2, 0.25) is 0 Å². The molecule has 27 heavy (non-hydrogen) atoms. The number of hydrogen-bond donors (Lipinski definition) is 1. The maximum atomic E-state index is 14.2. The van der Waals surface area contributed by atoms with Crippen LogP contribution in [-0.4, -0.2) is 34.9 Å². The second kappa shape index (κ2) is 6.70. The number of ether oxygens (including phenoxy) is 2. The lowest BCUT2D eigenvalue weighted by molar-refractivity contribution is 0.171. The van der Waals surface area contributed by atoms with Gasteiger partial charge in [-0.3, -0.25) is 10.00 Å². The fourth-order valence-corrected chi connectivity index (χ4v) is 3.81. The second-order valence-corrected chi connectivity index (χ2v) is 6.95. The molecule has 3 aromatic rings. The Morgan fingerprint density at radius 1 is 1.07 bits per heavy atom. The number of aromatic nitrogens is 2. The summed E-state index contributed by atoms with van der Waals surface area (Å²) in [7, 11) is 0. The molecule has 5 rings (SSSR count). The SMILES string of the molecule is Fc1ccccc1-c1n[nH]c2c1CN(Cc1ccc3c(c1)OCCO3)CC2. The van der Waals surface area contributed by atoms with E-state index in [2.05, 4.69) is 27.2 Å². The minimum atomic E-state index is -0.240. The zero-order valence-corrected chi connectivity index (χ0v) is 14.9. The normalized spacial score (nSPS) is 16.2. The summed E-state index contributed by atoms with van der Waals surface area (Å²) in [6.45, 7) is 3.66. The van der Waals surface area contributed by atoms with E-state index in [0.29, 0.717) is 18.8 Å². The van der Waals surface area contributed by atoms with Crippen LogP contribution in [0, 0.1) is 5.82 Å². The summed E-state index contributed by atoms with van der Waals surface area (Å²) >= 11 is 0. The molecule has 0 aliphatic carbocycles. The highest BCUT2D eigenvalue weighted by Gasteiger charge is 2.24. The number of nitrogens with zero attached hydrogens (tertiary/aromatic N) is 2. The van der Waals surface area contributed by atoms with Crippen molar-refractivity contribution in [3.63, 3.8) is 0 Å². The molecule has 0 amide bonds. The number of benzene rings is 2. The Kier molecular flexibility index (Phi) is 4.05. The van der Waals surface area contributed by atoms with Gasteiger partial charge in [-0.05, 0) is 29.8 Å². The monoisotopic (exact) mass is 365 g/mol. The zero-order chi connectivity index (χ0) is 18.2. The van der Waals surface area contributed by atoms with Gasteiger partial charge in [-0.2, -0.15) is 5.10 Å². The van der Waals surface area contributed by atoms with Gasteiger partial charge in [0, 0.05) is 42.9 Å². The van der Waals surface area contributed by atoms with E-state index in [1.807, 2.05) is 12.1 Å². The molecule has 0 radical (unpaired) electrons. The van der Waals surface area contributed by atoms with Crippen molar-refractivity contribution in [2.45, 2.75) is 19.5 Å². The first-order chi connectivity index (χ1) is 13.3. The van der Waals surface area contributed by atoms with Gasteiger partial charge in [-0.1, -0.05) is 18.2 Å². The van der Waals surface area contributed by atoms with Gasteiger partial charge in [0.05, 0.1) is 5.69 Å². The van der Waals surface area contributed by atoms with E-state index in [1.54, 1.807) is 12.1 Å². The van der Waals surface area contributed by atoms with Crippen LogP contribution in [0.3, 0.4) is 0 Å². The highest BCUT2D eigenvalue weighted by atomic mass is 19.1. The molecule has 1 aromatic heterocycles. The molecular weight excluding hydrogens is 345 g/mol. The Balaban J connectivity index is 1.38. The van der Waals surface area contributed by atoms with Crippen LogP contribution in [0.2, 0.25) is 0 Å². The summed E-state index contributed by atoms with van der Waals surface area (Å²) in [6, 6.07) is 12.9. The van der Waals surface area contributed by atoms with Gasteiger partial charge in [0.15, 0.2) is 11.5 Å². The van der Waals surface area contributed by atoms with Crippen molar-refractivity contribution in [1.82, 2.24) is 15.1 Å². The lowest BCUT2D eigenvalue weighted by Crippen LogP contribution is -2.30. The quantitative estimate of drug-likeness (QED) is 0.771. The van der Waals surface area contributed by atoms with Crippen LogP contribution in [0.5, 0.6) is 11.5 Å². The van der Waals surface area contributed by atoms with Crippen molar-refractivity contribution in [3.8, 4) is 22.8 Å². The first-order valence-corrected chi connectivity index (χ1v) is 9.20. The predicted molar refractivity (Wildman–Crippen MR) is 99.2 cm³/mol. The molecule has 0 saturated carbocycles. The van der Waals surface area contributed by atoms with Gasteiger partial charge in [-0.15, -0.1) is 0 Å². The van der Waals surface area contributed by atoms with Gasteiger partial charge < -0.3 is 9.47 Å². The van der Waals surface area contributed by atoms with Crippen molar-refractivity contribution in [1.29, 1.82) is 0 Å². The Labute approximate surface area is 156 Å². The topological polar surface area (TPSA) is 50.4 Å². The molecule has 0 fully saturated rings. The largest absolute Gasteiger partial charge is 0.486 e. The van der Waals surface area contributed by atoms with Crippen LogP contribution in [-0.2, 0) is 19.5 Å². The molecular formula is C21H20FN3O2. The van der Waals surface area contributed by atoms with Crippen LogP contribution in [0.1, 0.15) is 16.8 Å². The van der Waals surface area contributed by atoms with Crippen molar-refractivity contribution in [2.75, 3.05) is 19.8 Å². The fourth-order valence-electron chi connectivity index (χ4n) is 3.81. The summed E-state index contributed by atoms with van der Waals surface area (Å²) in [5.74, 6) is 1.38. The van der Waals surface area contributed by atoms with Gasteiger partial charge in [0.25, 0.3) is 0 Å². The number of fused-ring (bicyclic) bond motifs is 2. The van der Waals surface area contributed by atoms with Gasteiger partial charge >= 0.3 is 0 Å². The van der Waals surface area contributed by atoms with E-state index in [1.165, 1.54) is 11.6 Å². The second-order valence-electron chi connectivity index (χ2n) is 6.95. The molecule has 6 heteroatoms. The summed E-state index contributed by atoms with van der Waals surface area (Å²) < 4.78 is 25.5. The highest BCUT2D eigenvalue weighted by molar-refractivity contribution is 5.65. The van der Waals surface area contributed by atoms with E-state index in [-0.39, 0.29) is 5.82 Å². The zero-order valence-electron chi connectivity index (χ0n) is 14.9. The maximum absolute atomic E-state index is 14.2. The standard InChI is InChI=1S/C21H20FN3O2/c22-17-4-2-1-3-15(17)21-16-13-25(8-7-18(16)23-24-21)12-14-5-6-19-20(11-14)27-10-9-26-19/h1-6,11H,7-10,12-13H2,(H,23,24). The van der Waals surface area contributed by atoms with Crippen LogP contribution < -0.4 is 9.47 Å². The number of nitrogens with one attached hydrogen (secondary N) is 1. The maximum Gasteiger partial charge on any atom is 0.161 e. The van der Waals surface area contributed by atoms with Gasteiger partial charge in [-0.25, -0.2) is 4.39 Å². The number of hydrogen-bond acceptors (Lipinski definition) is 4. The Bertz CT molecular complexity index is 985. The molecule has 3 heterocycles. The minimum absolute atomic E-state index is 0.240. The lowest BCUT2D eigenvalue weighted by Gasteiger charge is -2.27. The van der Waals surface area contributed by atoms with Crippen LogP contribution in [0.4, 0.5) is 4.39 Å². The Hall–Kier alpha value is -2.86. The van der Waals surface area contributed by atoms with Gasteiger partial charge in [0.1, 0.15) is 19.0 Å². The number of H-pyrrole nitrogens is 1. The summed E-state index contributed by atoms with van der Waals surface area (Å²) in [5, 5.41) is 7.50. The van der Waals surface area contributed by atoms with Crippen molar-refractivity contribution >= 4 is 0 Å². The molecule has 0 spiro atoms. The molecule has 0 saturated heterocycles. The molecule has 1 N–H and O–H groups in total.